The molecule has 0 radical (unpaired) electrons. The van der Waals surface area contributed by atoms with Crippen molar-refractivity contribution < 1.29 is 61.6 Å². The molecule has 0 saturated carbocycles. The van der Waals surface area contributed by atoms with E-state index in [1.807, 2.05) is 4.74 Å². The van der Waals surface area contributed by atoms with Crippen LogP contribution in [0.25, 0.3) is 0 Å². The van der Waals surface area contributed by atoms with Gasteiger partial charge in [0.15, 0.2) is 0 Å². The lowest BCUT2D eigenvalue weighted by atomic mass is 10.1. The van der Waals surface area contributed by atoms with Gasteiger partial charge in [0.2, 0.25) is 0 Å². The summed E-state index contributed by atoms with van der Waals surface area (Å²) >= 11 is 0. The molecule has 1 atom stereocenters. The third kappa shape index (κ3) is 3.67. The standard InChI is InChI=1S/C10H4F10O4S/c11-4-1-2-5(6(12)3-4)7(13,25(21,22)23)9(17,18)24-10(19,20)8(14,15)16/h1-3H,(H,21,22,23). The molecule has 0 aliphatic carbocycles. The zero-order chi connectivity index (χ0) is 20.1. The number of hydrogen-bond donors (Lipinski definition) is 1. The Morgan fingerprint density at radius 2 is 1.36 bits per heavy atom. The van der Waals surface area contributed by atoms with Crippen molar-refractivity contribution in [2.24, 2.45) is 0 Å². The van der Waals surface area contributed by atoms with Gasteiger partial charge in [-0.05, 0) is 12.1 Å². The summed E-state index contributed by atoms with van der Waals surface area (Å²) in [5.41, 5.74) is -2.47. The monoisotopic (exact) mass is 410 g/mol. The van der Waals surface area contributed by atoms with E-state index in [1.54, 1.807) is 0 Å². The molecule has 0 spiro atoms. The average Bonchev–Trinajstić information content (AvgIpc) is 2.33. The van der Waals surface area contributed by atoms with Gasteiger partial charge < -0.3 is 0 Å². The van der Waals surface area contributed by atoms with E-state index in [4.69, 9.17) is 4.55 Å². The molecular weight excluding hydrogens is 406 g/mol. The lowest BCUT2D eigenvalue weighted by molar-refractivity contribution is -0.470. The van der Waals surface area contributed by atoms with Crippen LogP contribution in [0.3, 0.4) is 0 Å². The summed E-state index contributed by atoms with van der Waals surface area (Å²) in [4.78, 5) is 0. The van der Waals surface area contributed by atoms with E-state index in [-0.39, 0.29) is 12.1 Å². The Bertz CT molecular complexity index is 759. The van der Waals surface area contributed by atoms with Gasteiger partial charge in [0.05, 0.1) is 5.56 Å². The van der Waals surface area contributed by atoms with Crippen LogP contribution in [0.1, 0.15) is 5.56 Å². The third-order valence-corrected chi connectivity index (χ3v) is 3.76. The van der Waals surface area contributed by atoms with Crippen molar-refractivity contribution >= 4 is 10.1 Å². The molecule has 15 heteroatoms. The summed E-state index contributed by atoms with van der Waals surface area (Å²) in [6.07, 6.45) is -20.3. The number of rotatable bonds is 5. The second kappa shape index (κ2) is 5.98. The molecule has 0 aromatic heterocycles. The van der Waals surface area contributed by atoms with E-state index in [1.165, 1.54) is 0 Å². The van der Waals surface area contributed by atoms with Crippen LogP contribution in [-0.2, 0) is 19.9 Å². The molecule has 1 unspecified atom stereocenters. The van der Waals surface area contributed by atoms with Crippen LogP contribution in [-0.4, -0.2) is 31.4 Å². The summed E-state index contributed by atoms with van der Waals surface area (Å²) in [6, 6.07) is -0.788. The summed E-state index contributed by atoms with van der Waals surface area (Å²) in [5, 5.41) is -5.97. The molecule has 0 saturated heterocycles. The fraction of sp³-hybridized carbons (Fsp3) is 0.400. The van der Waals surface area contributed by atoms with E-state index >= 15 is 0 Å². The molecule has 0 amide bonds. The molecule has 0 aliphatic rings. The minimum absolute atomic E-state index is 0.0318. The van der Waals surface area contributed by atoms with E-state index < -0.39 is 56.8 Å². The van der Waals surface area contributed by atoms with Crippen LogP contribution in [0.4, 0.5) is 43.9 Å². The lowest BCUT2D eigenvalue weighted by Crippen LogP contribution is -2.55. The molecule has 0 bridgehead atoms. The van der Waals surface area contributed by atoms with Gasteiger partial charge in [-0.15, -0.1) is 0 Å². The number of hydrogen-bond acceptors (Lipinski definition) is 3. The summed E-state index contributed by atoms with van der Waals surface area (Å²) in [7, 11) is -6.93. The maximum atomic E-state index is 14.3. The second-order valence-corrected chi connectivity index (χ2v) is 5.84. The van der Waals surface area contributed by atoms with Gasteiger partial charge in [0.1, 0.15) is 11.6 Å². The van der Waals surface area contributed by atoms with Crippen LogP contribution >= 0.6 is 0 Å². The van der Waals surface area contributed by atoms with E-state index in [0.717, 1.165) is 0 Å². The second-order valence-electron chi connectivity index (χ2n) is 4.33. The molecule has 144 valence electrons. The van der Waals surface area contributed by atoms with Gasteiger partial charge in [0.25, 0.3) is 0 Å². The summed E-state index contributed by atoms with van der Waals surface area (Å²) < 4.78 is 161. The minimum Gasteiger partial charge on any atom is -0.283 e. The Kier molecular flexibility index (Phi) is 5.13. The number of benzene rings is 1. The van der Waals surface area contributed by atoms with Gasteiger partial charge in [0, 0.05) is 6.07 Å². The van der Waals surface area contributed by atoms with Crippen molar-refractivity contribution in [2.45, 2.75) is 23.4 Å². The predicted octanol–water partition coefficient (Wildman–Crippen LogP) is 3.74. The first-order valence-corrected chi connectivity index (χ1v) is 6.95. The smallest absolute Gasteiger partial charge is 0.283 e. The Balaban J connectivity index is 3.65. The summed E-state index contributed by atoms with van der Waals surface area (Å²) in [5.74, 6) is -4.03. The van der Waals surface area contributed by atoms with Crippen molar-refractivity contribution in [3.8, 4) is 0 Å². The summed E-state index contributed by atoms with van der Waals surface area (Å²) in [6.45, 7) is 0. The largest absolute Gasteiger partial charge is 0.483 e. The highest BCUT2D eigenvalue weighted by molar-refractivity contribution is 7.86. The van der Waals surface area contributed by atoms with Crippen molar-refractivity contribution in [3.05, 3.63) is 35.4 Å². The molecule has 0 aliphatic heterocycles. The van der Waals surface area contributed by atoms with Crippen LogP contribution in [0.15, 0.2) is 18.2 Å². The highest BCUT2D eigenvalue weighted by atomic mass is 32.2. The molecule has 1 aromatic rings. The zero-order valence-corrected chi connectivity index (χ0v) is 11.9. The van der Waals surface area contributed by atoms with Gasteiger partial charge in [-0.1, -0.05) is 0 Å². The van der Waals surface area contributed by atoms with Crippen molar-refractivity contribution in [3.63, 3.8) is 0 Å². The van der Waals surface area contributed by atoms with Crippen LogP contribution < -0.4 is 0 Å². The highest BCUT2D eigenvalue weighted by Crippen LogP contribution is 2.51. The minimum atomic E-state index is -6.93. The molecule has 1 N–H and O–H groups in total. The van der Waals surface area contributed by atoms with Crippen molar-refractivity contribution in [1.29, 1.82) is 0 Å². The molecule has 1 aromatic carbocycles. The van der Waals surface area contributed by atoms with Crippen molar-refractivity contribution in [1.82, 2.24) is 0 Å². The molecule has 25 heavy (non-hydrogen) atoms. The Hall–Kier alpha value is -1.61. The number of halogens is 10. The molecule has 0 fully saturated rings. The Labute approximate surface area is 131 Å². The SMILES string of the molecule is O=S(=O)(O)C(F)(c1ccc(F)cc1F)C(F)(F)OC(F)(F)C(F)(F)F. The first-order chi connectivity index (χ1) is 10.9. The van der Waals surface area contributed by atoms with Crippen LogP contribution in [0.2, 0.25) is 0 Å². The van der Waals surface area contributed by atoms with E-state index in [2.05, 4.69) is 0 Å². The topological polar surface area (TPSA) is 63.6 Å². The van der Waals surface area contributed by atoms with Gasteiger partial charge in [-0.3, -0.25) is 4.55 Å². The lowest BCUT2D eigenvalue weighted by Gasteiger charge is -2.33. The van der Waals surface area contributed by atoms with Crippen LogP contribution in [0, 0.1) is 11.6 Å². The maximum Gasteiger partial charge on any atom is 0.483 e. The molecule has 0 heterocycles. The van der Waals surface area contributed by atoms with E-state index in [9.17, 15) is 52.3 Å². The molecule has 1 rings (SSSR count). The fourth-order valence-electron chi connectivity index (χ4n) is 1.48. The Morgan fingerprint density at radius 1 is 0.880 bits per heavy atom. The molecular formula is C10H4F10O4S. The quantitative estimate of drug-likeness (QED) is 0.594. The first kappa shape index (κ1) is 21.4. The normalized spacial score (nSPS) is 16.6. The Morgan fingerprint density at radius 3 is 1.72 bits per heavy atom. The number of ether oxygens (including phenoxy) is 1. The first-order valence-electron chi connectivity index (χ1n) is 5.51. The van der Waals surface area contributed by atoms with Crippen LogP contribution in [0.5, 0.6) is 0 Å². The van der Waals surface area contributed by atoms with Gasteiger partial charge >= 0.3 is 33.5 Å². The maximum absolute atomic E-state index is 14.3. The van der Waals surface area contributed by atoms with Gasteiger partial charge in [-0.2, -0.15) is 39.2 Å². The molecule has 4 nitrogen and oxygen atoms in total. The highest BCUT2D eigenvalue weighted by Gasteiger charge is 2.74. The fourth-order valence-corrected chi connectivity index (χ4v) is 2.27. The average molecular weight is 410 g/mol. The predicted molar refractivity (Wildman–Crippen MR) is 57.7 cm³/mol. The third-order valence-electron chi connectivity index (χ3n) is 2.59. The van der Waals surface area contributed by atoms with Gasteiger partial charge in [-0.25, -0.2) is 17.9 Å². The van der Waals surface area contributed by atoms with E-state index in [0.29, 0.717) is 0 Å². The van der Waals surface area contributed by atoms with Crippen molar-refractivity contribution in [2.75, 3.05) is 0 Å². The number of alkyl halides is 8. The zero-order valence-electron chi connectivity index (χ0n) is 11.1.